The number of nitrogens with zero attached hydrogens (tertiary/aromatic N) is 4. The Hall–Kier alpha value is -2.19. The van der Waals surface area contributed by atoms with Gasteiger partial charge >= 0.3 is 5.97 Å². The number of halogens is 2. The molecule has 2 amide bonds. The highest BCUT2D eigenvalue weighted by atomic mass is 35.5. The Morgan fingerprint density at radius 2 is 2.34 bits per heavy atom. The van der Waals surface area contributed by atoms with Crippen LogP contribution in [0.4, 0.5) is 9.52 Å². The first kappa shape index (κ1) is 21.5. The van der Waals surface area contributed by atoms with Crippen LogP contribution in [0, 0.1) is 5.41 Å². The molecule has 2 aliphatic rings. The molecule has 15 heteroatoms. The van der Waals surface area contributed by atoms with E-state index in [1.165, 1.54) is 16.7 Å². The number of thioether (sulfide) groups is 1. The Morgan fingerprint density at radius 1 is 1.62 bits per heavy atom. The molecular formula is C14H16ClFN6O5S2. The predicted octanol–water partition coefficient (Wildman–Crippen LogP) is -0.134. The highest BCUT2D eigenvalue weighted by molar-refractivity contribution is 8.00. The molecule has 11 nitrogen and oxygen atoms in total. The van der Waals surface area contributed by atoms with Crippen LogP contribution in [0.2, 0.25) is 0 Å². The summed E-state index contributed by atoms with van der Waals surface area (Å²) in [6, 6.07) is -0.918. The van der Waals surface area contributed by atoms with Gasteiger partial charge in [-0.05, 0) is 0 Å². The summed E-state index contributed by atoms with van der Waals surface area (Å²) < 4.78 is 16.8. The number of nitrogens with one attached hydrogen (secondary N) is 1. The van der Waals surface area contributed by atoms with Crippen molar-refractivity contribution in [1.82, 2.24) is 19.6 Å². The molecule has 0 bridgehead atoms. The minimum absolute atomic E-state index is 0.0533. The minimum Gasteiger partial charge on any atom is -0.481 e. The fourth-order valence-electron chi connectivity index (χ4n) is 2.75. The number of anilines is 1. The van der Waals surface area contributed by atoms with E-state index in [9.17, 15) is 23.9 Å². The molecule has 2 unspecified atom stereocenters. The van der Waals surface area contributed by atoms with Gasteiger partial charge in [0.05, 0.1) is 0 Å². The molecule has 4 N–H and O–H groups in total. The number of nitrogens with two attached hydrogens (primary N) is 1. The summed E-state index contributed by atoms with van der Waals surface area (Å²) in [5.74, 6) is -2.53. The smallest absolute Gasteiger partial charge is 0.313 e. The van der Waals surface area contributed by atoms with Crippen LogP contribution in [0.1, 0.15) is 12.7 Å². The number of aromatic nitrogens is 2. The van der Waals surface area contributed by atoms with Crippen LogP contribution in [0.15, 0.2) is 5.16 Å². The third-order valence-electron chi connectivity index (χ3n) is 4.30. The van der Waals surface area contributed by atoms with Crippen molar-refractivity contribution < 1.29 is 28.7 Å². The third-order valence-corrected chi connectivity index (χ3v) is 6.94. The number of fused-ring (bicyclic) bond motifs is 1. The van der Waals surface area contributed by atoms with Crippen LogP contribution < -0.4 is 11.1 Å². The maximum Gasteiger partial charge on any atom is 0.313 e. The number of rotatable bonds is 7. The minimum atomic E-state index is -1.79. The Balaban J connectivity index is 1.73. The van der Waals surface area contributed by atoms with Crippen LogP contribution in [-0.2, 0) is 19.2 Å². The van der Waals surface area contributed by atoms with Crippen molar-refractivity contribution in [2.75, 3.05) is 23.9 Å². The highest BCUT2D eigenvalue weighted by Crippen LogP contribution is 2.42. The van der Waals surface area contributed by atoms with Gasteiger partial charge in [-0.25, -0.2) is 0 Å². The normalized spacial score (nSPS) is 27.6. The lowest BCUT2D eigenvalue weighted by molar-refractivity contribution is -0.157. The molecule has 29 heavy (non-hydrogen) atoms. The molecule has 3 heterocycles. The molecule has 1 aromatic rings. The summed E-state index contributed by atoms with van der Waals surface area (Å²) in [4.78, 5) is 46.3. The lowest BCUT2D eigenvalue weighted by Gasteiger charge is -2.53. The third kappa shape index (κ3) is 4.09. The summed E-state index contributed by atoms with van der Waals surface area (Å²) in [6.07, 6.45) is -1.79. The molecule has 1 aromatic heterocycles. The molecule has 0 spiro atoms. The van der Waals surface area contributed by atoms with Crippen LogP contribution >= 0.6 is 34.9 Å². The first-order chi connectivity index (χ1) is 13.7. The summed E-state index contributed by atoms with van der Waals surface area (Å²) in [6.45, 7) is 1.02. The van der Waals surface area contributed by atoms with Gasteiger partial charge in [-0.3, -0.25) is 14.4 Å². The van der Waals surface area contributed by atoms with Crippen LogP contribution in [-0.4, -0.2) is 78.8 Å². The van der Waals surface area contributed by atoms with Gasteiger partial charge in [-0.15, -0.1) is 23.4 Å². The van der Waals surface area contributed by atoms with Crippen LogP contribution in [0.3, 0.4) is 0 Å². The summed E-state index contributed by atoms with van der Waals surface area (Å²) in [5.41, 5.74) is 3.83. The number of β-lactam (4-membered cyclic amide) rings is 1. The average molecular weight is 467 g/mol. The van der Waals surface area contributed by atoms with E-state index in [1.54, 1.807) is 0 Å². The molecule has 0 saturated carbocycles. The topological polar surface area (TPSA) is 160 Å². The second-order valence-electron chi connectivity index (χ2n) is 6.38. The standard InChI is InChI=1S/C14H16ClFN6O5S2/c1-5(16)27-20-6(8-19-13(17)29-21-8)9(23)18-7-10(24)22-3-14(2-15,12(25)26)4-28-11(7)22/h5,7,11H,2-4H2,1H3,(H,18,23)(H,25,26)(H2,17,19,21)/t5?,7-,11-,14?/m1/s1. The SMILES string of the molecule is CC(F)ON=C(C(=O)N[C@@H]1C(=O)N2CC(CCl)(C(=O)O)CS[C@H]12)c1nsc(N)n1. The van der Waals surface area contributed by atoms with Gasteiger partial charge < -0.3 is 25.9 Å². The van der Waals surface area contributed by atoms with Gasteiger partial charge in [0.15, 0.2) is 5.13 Å². The molecule has 0 radical (unpaired) electrons. The van der Waals surface area contributed by atoms with E-state index in [-0.39, 0.29) is 29.1 Å². The molecular weight excluding hydrogens is 451 g/mol. The number of alkyl halides is 2. The Labute approximate surface area is 177 Å². The number of nitrogen functional groups attached to an aromatic ring is 1. The molecule has 0 aromatic carbocycles. The van der Waals surface area contributed by atoms with Gasteiger partial charge in [-0.2, -0.15) is 13.7 Å². The van der Waals surface area contributed by atoms with Crippen LogP contribution in [0.5, 0.6) is 0 Å². The molecule has 2 aliphatic heterocycles. The number of hydrogen-bond donors (Lipinski definition) is 3. The predicted molar refractivity (Wildman–Crippen MR) is 103 cm³/mol. The van der Waals surface area contributed by atoms with Crippen molar-refractivity contribution in [2.45, 2.75) is 24.7 Å². The fourth-order valence-corrected chi connectivity index (χ4v) is 5.13. The van der Waals surface area contributed by atoms with E-state index in [2.05, 4.69) is 24.7 Å². The van der Waals surface area contributed by atoms with Crippen molar-refractivity contribution in [2.24, 2.45) is 10.6 Å². The lowest BCUT2D eigenvalue weighted by atomic mass is 9.89. The van der Waals surface area contributed by atoms with Gasteiger partial charge in [0, 0.05) is 36.6 Å². The number of oxime groups is 1. The number of hydrogen-bond acceptors (Lipinski definition) is 10. The number of carboxylic acids is 1. The van der Waals surface area contributed by atoms with Crippen molar-refractivity contribution in [3.8, 4) is 0 Å². The summed E-state index contributed by atoms with van der Waals surface area (Å²) in [7, 11) is 0. The molecule has 4 atom stereocenters. The monoisotopic (exact) mass is 466 g/mol. The van der Waals surface area contributed by atoms with Gasteiger partial charge in [-0.1, -0.05) is 5.16 Å². The number of aliphatic carboxylic acids is 1. The number of carbonyl (C=O) groups is 3. The van der Waals surface area contributed by atoms with E-state index in [0.717, 1.165) is 18.5 Å². The fraction of sp³-hybridized carbons (Fsp3) is 0.571. The number of carboxylic acid groups (broad SMARTS) is 1. The zero-order chi connectivity index (χ0) is 21.3. The Bertz CT molecular complexity index is 869. The largest absolute Gasteiger partial charge is 0.481 e. The van der Waals surface area contributed by atoms with Crippen molar-refractivity contribution in [1.29, 1.82) is 0 Å². The van der Waals surface area contributed by atoms with E-state index < -0.39 is 46.7 Å². The molecule has 2 fully saturated rings. The second-order valence-corrected chi connectivity index (χ2v) is 8.54. The Kier molecular flexibility index (Phi) is 6.14. The molecule has 3 rings (SSSR count). The van der Waals surface area contributed by atoms with Crippen LogP contribution in [0.25, 0.3) is 0 Å². The van der Waals surface area contributed by atoms with E-state index in [1.807, 2.05) is 0 Å². The van der Waals surface area contributed by atoms with Crippen molar-refractivity contribution in [3.63, 3.8) is 0 Å². The highest BCUT2D eigenvalue weighted by Gasteiger charge is 2.57. The van der Waals surface area contributed by atoms with Gasteiger partial charge in [0.1, 0.15) is 16.8 Å². The van der Waals surface area contributed by atoms with Gasteiger partial charge in [0.25, 0.3) is 12.3 Å². The van der Waals surface area contributed by atoms with Gasteiger partial charge in [0.2, 0.25) is 17.4 Å². The van der Waals surface area contributed by atoms with E-state index >= 15 is 0 Å². The molecule has 158 valence electrons. The van der Waals surface area contributed by atoms with Crippen molar-refractivity contribution in [3.05, 3.63) is 5.82 Å². The first-order valence-electron chi connectivity index (χ1n) is 8.18. The quantitative estimate of drug-likeness (QED) is 0.215. The molecule has 0 aliphatic carbocycles. The lowest BCUT2D eigenvalue weighted by Crippen LogP contribution is -2.74. The second kappa shape index (κ2) is 8.28. The van der Waals surface area contributed by atoms with E-state index in [4.69, 9.17) is 17.3 Å². The molecule has 2 saturated heterocycles. The Morgan fingerprint density at radius 3 is 2.90 bits per heavy atom. The van der Waals surface area contributed by atoms with E-state index in [0.29, 0.717) is 0 Å². The number of carbonyl (C=O) groups excluding carboxylic acids is 2. The first-order valence-corrected chi connectivity index (χ1v) is 10.5. The summed E-state index contributed by atoms with van der Waals surface area (Å²) in [5, 5.41) is 15.0. The van der Waals surface area contributed by atoms with Crippen molar-refractivity contribution >= 4 is 63.5 Å². The number of amides is 2. The maximum atomic E-state index is 13.0. The maximum absolute atomic E-state index is 13.0. The zero-order valence-electron chi connectivity index (χ0n) is 14.9. The average Bonchev–Trinajstić information content (AvgIpc) is 3.11. The summed E-state index contributed by atoms with van der Waals surface area (Å²) >= 11 is 7.83. The zero-order valence-corrected chi connectivity index (χ0v) is 17.3.